The molecule has 2 heterocycles. The van der Waals surface area contributed by atoms with Crippen LogP contribution in [0, 0.1) is 10.8 Å². The molecule has 2 fully saturated rings. The van der Waals surface area contributed by atoms with E-state index in [9.17, 15) is 0 Å². The molecule has 0 atom stereocenters. The first-order chi connectivity index (χ1) is 10.2. The summed E-state index contributed by atoms with van der Waals surface area (Å²) in [6.07, 6.45) is 4.27. The largest absolute Gasteiger partial charge is 0.379 e. The Bertz CT molecular complexity index is 249. The molecule has 0 aromatic heterocycles. The van der Waals surface area contributed by atoms with Gasteiger partial charge in [0.15, 0.2) is 0 Å². The molecule has 0 unspecified atom stereocenters. The predicted molar refractivity (Wildman–Crippen MR) is 96.5 cm³/mol. The summed E-state index contributed by atoms with van der Waals surface area (Å²) >= 11 is 0. The highest BCUT2D eigenvalue weighted by Crippen LogP contribution is 2.18. The highest BCUT2D eigenvalue weighted by atomic mass is 16.5. The lowest BCUT2D eigenvalue weighted by molar-refractivity contribution is 0.0236. The van der Waals surface area contributed by atoms with E-state index in [1.165, 1.54) is 45.4 Å². The summed E-state index contributed by atoms with van der Waals surface area (Å²) in [5.41, 5.74) is 0.911. The molecule has 0 N–H and O–H groups in total. The molecule has 0 aromatic rings. The minimum absolute atomic E-state index is 0.428. The van der Waals surface area contributed by atoms with E-state index < -0.39 is 0 Å². The van der Waals surface area contributed by atoms with Crippen LogP contribution < -0.4 is 0 Å². The highest BCUT2D eigenvalue weighted by molar-refractivity contribution is 4.72. The van der Waals surface area contributed by atoms with E-state index in [4.69, 9.17) is 4.74 Å². The summed E-state index contributed by atoms with van der Waals surface area (Å²) in [4.78, 5) is 5.08. The number of rotatable bonds is 2. The maximum Gasteiger partial charge on any atom is 0.0594 e. The van der Waals surface area contributed by atoms with Crippen molar-refractivity contribution >= 4 is 0 Å². The standard InChI is InChI=1S/C10H21N.C9H19NO/c1-10(2,3)9-11-7-5-4-6-8-11;1-9(2,3)8-10-4-6-11-7-5-10/h4-9H2,1-3H3;4-8H2,1-3H3. The van der Waals surface area contributed by atoms with E-state index in [-0.39, 0.29) is 0 Å². The number of hydrogen-bond donors (Lipinski definition) is 0. The second-order valence-electron chi connectivity index (χ2n) is 9.35. The maximum absolute atomic E-state index is 5.27. The molecule has 3 nitrogen and oxygen atoms in total. The van der Waals surface area contributed by atoms with Gasteiger partial charge in [-0.2, -0.15) is 0 Å². The fraction of sp³-hybridized carbons (Fsp3) is 1.00. The van der Waals surface area contributed by atoms with Crippen molar-refractivity contribution in [3.63, 3.8) is 0 Å². The number of likely N-dealkylation sites (tertiary alicyclic amines) is 1. The molecule has 2 aliphatic heterocycles. The Kier molecular flexibility index (Phi) is 8.37. The van der Waals surface area contributed by atoms with Gasteiger partial charge in [0.2, 0.25) is 0 Å². The summed E-state index contributed by atoms with van der Waals surface area (Å²) in [5.74, 6) is 0. The zero-order chi connectivity index (χ0) is 16.6. The molecular weight excluding hydrogens is 272 g/mol. The minimum Gasteiger partial charge on any atom is -0.379 e. The van der Waals surface area contributed by atoms with E-state index in [1.54, 1.807) is 0 Å². The Hall–Kier alpha value is -0.120. The zero-order valence-corrected chi connectivity index (χ0v) is 16.1. The van der Waals surface area contributed by atoms with Crippen LogP contribution in [0.3, 0.4) is 0 Å². The first-order valence-electron chi connectivity index (χ1n) is 9.18. The zero-order valence-electron chi connectivity index (χ0n) is 16.1. The molecule has 0 saturated carbocycles. The fourth-order valence-electron chi connectivity index (χ4n) is 3.22. The molecule has 2 rings (SSSR count). The van der Waals surface area contributed by atoms with Crippen LogP contribution in [0.1, 0.15) is 60.8 Å². The van der Waals surface area contributed by atoms with Crippen LogP contribution in [0.4, 0.5) is 0 Å². The summed E-state index contributed by atoms with van der Waals surface area (Å²) < 4.78 is 5.27. The maximum atomic E-state index is 5.27. The van der Waals surface area contributed by atoms with Gasteiger partial charge < -0.3 is 9.64 Å². The van der Waals surface area contributed by atoms with Crippen molar-refractivity contribution in [3.05, 3.63) is 0 Å². The topological polar surface area (TPSA) is 15.7 Å². The average molecular weight is 313 g/mol. The Balaban J connectivity index is 0.000000220. The van der Waals surface area contributed by atoms with Crippen LogP contribution in [-0.2, 0) is 4.74 Å². The number of hydrogen-bond acceptors (Lipinski definition) is 3. The minimum atomic E-state index is 0.428. The molecule has 0 aromatic carbocycles. The van der Waals surface area contributed by atoms with Gasteiger partial charge in [-0.3, -0.25) is 4.90 Å². The number of piperidine rings is 1. The monoisotopic (exact) mass is 312 g/mol. The summed E-state index contributed by atoms with van der Waals surface area (Å²) in [7, 11) is 0. The van der Waals surface area contributed by atoms with Gasteiger partial charge in [-0.15, -0.1) is 0 Å². The molecule has 0 spiro atoms. The van der Waals surface area contributed by atoms with Crippen molar-refractivity contribution in [2.75, 3.05) is 52.5 Å². The normalized spacial score (nSPS) is 22.1. The molecule has 2 aliphatic rings. The second kappa shape index (κ2) is 9.24. The first kappa shape index (κ1) is 19.9. The summed E-state index contributed by atoms with van der Waals surface area (Å²) in [6, 6.07) is 0. The van der Waals surface area contributed by atoms with Crippen molar-refractivity contribution in [2.24, 2.45) is 10.8 Å². The van der Waals surface area contributed by atoms with Gasteiger partial charge in [0.25, 0.3) is 0 Å². The molecule has 0 aliphatic carbocycles. The van der Waals surface area contributed by atoms with Gasteiger partial charge in [-0.1, -0.05) is 48.0 Å². The van der Waals surface area contributed by atoms with Crippen LogP contribution in [0.15, 0.2) is 0 Å². The number of morpholine rings is 1. The van der Waals surface area contributed by atoms with E-state index in [0.717, 1.165) is 26.3 Å². The number of ether oxygens (including phenoxy) is 1. The highest BCUT2D eigenvalue weighted by Gasteiger charge is 2.18. The second-order valence-corrected chi connectivity index (χ2v) is 9.35. The van der Waals surface area contributed by atoms with Crippen LogP contribution in [0.2, 0.25) is 0 Å². The number of nitrogens with zero attached hydrogens (tertiary/aromatic N) is 2. The third-order valence-electron chi connectivity index (χ3n) is 3.95. The van der Waals surface area contributed by atoms with Gasteiger partial charge in [0.1, 0.15) is 0 Å². The van der Waals surface area contributed by atoms with Crippen LogP contribution in [0.5, 0.6) is 0 Å². The van der Waals surface area contributed by atoms with Crippen molar-refractivity contribution in [1.29, 1.82) is 0 Å². The van der Waals surface area contributed by atoms with Crippen molar-refractivity contribution in [3.8, 4) is 0 Å². The van der Waals surface area contributed by atoms with E-state index in [2.05, 4.69) is 51.3 Å². The van der Waals surface area contributed by atoms with Gasteiger partial charge in [-0.05, 0) is 36.8 Å². The van der Waals surface area contributed by atoms with Crippen molar-refractivity contribution in [1.82, 2.24) is 9.80 Å². The van der Waals surface area contributed by atoms with Crippen LogP contribution in [0.25, 0.3) is 0 Å². The van der Waals surface area contributed by atoms with Gasteiger partial charge in [0, 0.05) is 26.2 Å². The Labute approximate surface area is 139 Å². The molecule has 132 valence electrons. The van der Waals surface area contributed by atoms with E-state index in [0.29, 0.717) is 10.8 Å². The lowest BCUT2D eigenvalue weighted by Gasteiger charge is -2.32. The molecule has 0 amide bonds. The van der Waals surface area contributed by atoms with Gasteiger partial charge >= 0.3 is 0 Å². The predicted octanol–water partition coefficient (Wildman–Crippen LogP) is 3.88. The average Bonchev–Trinajstić information content (AvgIpc) is 2.38. The van der Waals surface area contributed by atoms with Gasteiger partial charge in [0.05, 0.1) is 13.2 Å². The molecule has 0 radical (unpaired) electrons. The molecule has 3 heteroatoms. The molecular formula is C19H40N2O. The molecule has 0 bridgehead atoms. The lowest BCUT2D eigenvalue weighted by Crippen LogP contribution is -2.41. The summed E-state index contributed by atoms with van der Waals surface area (Å²) in [6.45, 7) is 23.0. The third kappa shape index (κ3) is 10.6. The fourth-order valence-corrected chi connectivity index (χ4v) is 3.22. The smallest absolute Gasteiger partial charge is 0.0594 e. The first-order valence-corrected chi connectivity index (χ1v) is 9.18. The summed E-state index contributed by atoms with van der Waals surface area (Å²) in [5, 5.41) is 0. The van der Waals surface area contributed by atoms with Crippen molar-refractivity contribution in [2.45, 2.75) is 60.8 Å². The third-order valence-corrected chi connectivity index (χ3v) is 3.95. The van der Waals surface area contributed by atoms with E-state index in [1.807, 2.05) is 0 Å². The van der Waals surface area contributed by atoms with Crippen LogP contribution >= 0.6 is 0 Å². The quantitative estimate of drug-likeness (QED) is 0.769. The Morgan fingerprint density at radius 1 is 0.636 bits per heavy atom. The van der Waals surface area contributed by atoms with Gasteiger partial charge in [-0.25, -0.2) is 0 Å². The molecule has 22 heavy (non-hydrogen) atoms. The van der Waals surface area contributed by atoms with Crippen molar-refractivity contribution < 1.29 is 4.74 Å². The van der Waals surface area contributed by atoms with E-state index >= 15 is 0 Å². The Morgan fingerprint density at radius 3 is 1.45 bits per heavy atom. The molecule has 2 saturated heterocycles. The lowest BCUT2D eigenvalue weighted by atomic mass is 9.95. The Morgan fingerprint density at radius 2 is 1.05 bits per heavy atom. The van der Waals surface area contributed by atoms with Crippen LogP contribution in [-0.4, -0.2) is 62.3 Å². The SMILES string of the molecule is CC(C)(C)CN1CCCCC1.CC(C)(C)CN1CCOCC1.